The SMILES string of the molecule is CC1CC(C)CN(CC(C)NC(=O)c2ccc(NS(=O)(=O)C=Cc3ccccc3)cc2)C1. The normalized spacial score (nSPS) is 20.7. The van der Waals surface area contributed by atoms with Crippen LogP contribution in [0.5, 0.6) is 0 Å². The van der Waals surface area contributed by atoms with E-state index in [1.807, 2.05) is 37.3 Å². The van der Waals surface area contributed by atoms with Crippen molar-refractivity contribution < 1.29 is 13.2 Å². The first-order valence-corrected chi connectivity index (χ1v) is 12.6. The van der Waals surface area contributed by atoms with Gasteiger partial charge in [-0.25, -0.2) is 8.42 Å². The predicted molar refractivity (Wildman–Crippen MR) is 131 cm³/mol. The molecule has 1 aliphatic rings. The Morgan fingerprint density at radius 2 is 1.69 bits per heavy atom. The molecule has 2 aromatic rings. The number of hydrogen-bond acceptors (Lipinski definition) is 4. The van der Waals surface area contributed by atoms with Crippen LogP contribution < -0.4 is 10.0 Å². The molecule has 172 valence electrons. The van der Waals surface area contributed by atoms with Gasteiger partial charge in [-0.1, -0.05) is 44.2 Å². The summed E-state index contributed by atoms with van der Waals surface area (Å²) in [6.07, 6.45) is 2.80. The summed E-state index contributed by atoms with van der Waals surface area (Å²) in [4.78, 5) is 15.0. The zero-order valence-corrected chi connectivity index (χ0v) is 19.8. The Balaban J connectivity index is 1.53. The molecular formula is C25H33N3O3S. The lowest BCUT2D eigenvalue weighted by atomic mass is 9.92. The quantitative estimate of drug-likeness (QED) is 0.625. The Morgan fingerprint density at radius 1 is 1.06 bits per heavy atom. The minimum atomic E-state index is -3.65. The number of nitrogens with zero attached hydrogens (tertiary/aromatic N) is 1. The number of piperidine rings is 1. The number of carbonyl (C=O) groups excluding carboxylic acids is 1. The van der Waals surface area contributed by atoms with Gasteiger partial charge < -0.3 is 10.2 Å². The molecule has 0 spiro atoms. The van der Waals surface area contributed by atoms with E-state index in [2.05, 4.69) is 28.8 Å². The zero-order valence-electron chi connectivity index (χ0n) is 19.0. The molecule has 1 fully saturated rings. The second kappa shape index (κ2) is 10.8. The molecule has 0 bridgehead atoms. The summed E-state index contributed by atoms with van der Waals surface area (Å²) in [5.41, 5.74) is 1.70. The van der Waals surface area contributed by atoms with Crippen molar-refractivity contribution in [3.63, 3.8) is 0 Å². The molecule has 1 aliphatic heterocycles. The largest absolute Gasteiger partial charge is 0.348 e. The molecule has 0 saturated carbocycles. The highest BCUT2D eigenvalue weighted by atomic mass is 32.2. The van der Waals surface area contributed by atoms with Gasteiger partial charge in [0, 0.05) is 36.9 Å². The van der Waals surface area contributed by atoms with E-state index in [1.54, 1.807) is 24.3 Å². The standard InChI is InChI=1S/C25H33N3O3S/c1-19-15-20(2)17-28(16-19)18-21(3)26-25(29)23-9-11-24(12-10-23)27-32(30,31)14-13-22-7-5-4-6-8-22/h4-14,19-21,27H,15-18H2,1-3H3,(H,26,29). The molecular weight excluding hydrogens is 422 g/mol. The first-order valence-electron chi connectivity index (χ1n) is 11.1. The lowest BCUT2D eigenvalue weighted by Crippen LogP contribution is -2.47. The van der Waals surface area contributed by atoms with Gasteiger partial charge in [0.1, 0.15) is 0 Å². The van der Waals surface area contributed by atoms with Crippen molar-refractivity contribution in [2.24, 2.45) is 11.8 Å². The minimum absolute atomic E-state index is 0.0290. The molecule has 1 amide bonds. The monoisotopic (exact) mass is 455 g/mol. The van der Waals surface area contributed by atoms with Crippen molar-refractivity contribution in [2.45, 2.75) is 33.2 Å². The maximum Gasteiger partial charge on any atom is 0.255 e. The van der Waals surface area contributed by atoms with Crippen molar-refractivity contribution in [1.82, 2.24) is 10.2 Å². The van der Waals surface area contributed by atoms with Crippen LogP contribution in [0, 0.1) is 11.8 Å². The molecule has 0 aliphatic carbocycles. The summed E-state index contributed by atoms with van der Waals surface area (Å²) < 4.78 is 27.1. The lowest BCUT2D eigenvalue weighted by Gasteiger charge is -2.36. The van der Waals surface area contributed by atoms with Gasteiger partial charge in [-0.05, 0) is 61.1 Å². The molecule has 2 aromatic carbocycles. The maximum atomic E-state index is 12.6. The van der Waals surface area contributed by atoms with E-state index in [0.29, 0.717) is 23.1 Å². The topological polar surface area (TPSA) is 78.5 Å². The minimum Gasteiger partial charge on any atom is -0.348 e. The van der Waals surface area contributed by atoms with Gasteiger partial charge in [0.25, 0.3) is 15.9 Å². The molecule has 7 heteroatoms. The molecule has 3 rings (SSSR count). The van der Waals surface area contributed by atoms with Crippen LogP contribution >= 0.6 is 0 Å². The van der Waals surface area contributed by atoms with E-state index in [0.717, 1.165) is 30.6 Å². The molecule has 0 radical (unpaired) electrons. The van der Waals surface area contributed by atoms with E-state index in [-0.39, 0.29) is 11.9 Å². The van der Waals surface area contributed by atoms with Crippen molar-refractivity contribution >= 4 is 27.7 Å². The average molecular weight is 456 g/mol. The Hall–Kier alpha value is -2.64. The second-order valence-electron chi connectivity index (χ2n) is 8.98. The predicted octanol–water partition coefficient (Wildman–Crippen LogP) is 4.20. The van der Waals surface area contributed by atoms with Gasteiger partial charge >= 0.3 is 0 Å². The number of carbonyl (C=O) groups is 1. The number of hydrogen-bond donors (Lipinski definition) is 2. The Kier molecular flexibility index (Phi) is 8.10. The molecule has 2 N–H and O–H groups in total. The van der Waals surface area contributed by atoms with Crippen LogP contribution in [-0.2, 0) is 10.0 Å². The Morgan fingerprint density at radius 3 is 2.31 bits per heavy atom. The molecule has 1 saturated heterocycles. The van der Waals surface area contributed by atoms with Gasteiger partial charge in [-0.15, -0.1) is 0 Å². The van der Waals surface area contributed by atoms with Gasteiger partial charge in [0.05, 0.1) is 5.41 Å². The molecule has 3 unspecified atom stereocenters. The maximum absolute atomic E-state index is 12.6. The number of rotatable bonds is 8. The molecule has 6 nitrogen and oxygen atoms in total. The number of anilines is 1. The second-order valence-corrected chi connectivity index (χ2v) is 10.5. The van der Waals surface area contributed by atoms with Crippen molar-refractivity contribution in [3.05, 3.63) is 71.1 Å². The summed E-state index contributed by atoms with van der Waals surface area (Å²) in [5, 5.41) is 4.18. The number of amides is 1. The third-order valence-electron chi connectivity index (χ3n) is 5.50. The van der Waals surface area contributed by atoms with Crippen LogP contribution in [0.25, 0.3) is 6.08 Å². The summed E-state index contributed by atoms with van der Waals surface area (Å²) in [6.45, 7) is 9.53. The highest BCUT2D eigenvalue weighted by Crippen LogP contribution is 2.21. The molecule has 1 heterocycles. The van der Waals surface area contributed by atoms with Gasteiger partial charge in [0.2, 0.25) is 0 Å². The fraction of sp³-hybridized carbons (Fsp3) is 0.400. The highest BCUT2D eigenvalue weighted by Gasteiger charge is 2.23. The van der Waals surface area contributed by atoms with Gasteiger partial charge in [-0.3, -0.25) is 9.52 Å². The molecule has 32 heavy (non-hydrogen) atoms. The van der Waals surface area contributed by atoms with E-state index in [4.69, 9.17) is 0 Å². The third kappa shape index (κ3) is 7.50. The summed E-state index contributed by atoms with van der Waals surface area (Å²) >= 11 is 0. The Bertz CT molecular complexity index is 1010. The fourth-order valence-electron chi connectivity index (χ4n) is 4.30. The van der Waals surface area contributed by atoms with Crippen molar-refractivity contribution in [2.75, 3.05) is 24.4 Å². The first kappa shape index (κ1) is 24.0. The van der Waals surface area contributed by atoms with E-state index < -0.39 is 10.0 Å². The number of likely N-dealkylation sites (tertiary alicyclic amines) is 1. The Labute approximate surface area is 191 Å². The van der Waals surface area contributed by atoms with Crippen LogP contribution in [-0.4, -0.2) is 44.9 Å². The first-order chi connectivity index (χ1) is 15.2. The number of benzene rings is 2. The van der Waals surface area contributed by atoms with E-state index in [1.165, 1.54) is 12.5 Å². The van der Waals surface area contributed by atoms with Gasteiger partial charge in [-0.2, -0.15) is 0 Å². The third-order valence-corrected chi connectivity index (χ3v) is 6.52. The highest BCUT2D eigenvalue weighted by molar-refractivity contribution is 7.95. The van der Waals surface area contributed by atoms with Crippen LogP contribution in [0.3, 0.4) is 0 Å². The molecule has 0 aromatic heterocycles. The van der Waals surface area contributed by atoms with Crippen molar-refractivity contribution in [3.8, 4) is 0 Å². The average Bonchev–Trinajstić information content (AvgIpc) is 2.72. The van der Waals surface area contributed by atoms with E-state index in [9.17, 15) is 13.2 Å². The summed E-state index contributed by atoms with van der Waals surface area (Å²) in [6, 6.07) is 15.7. The van der Waals surface area contributed by atoms with Crippen LogP contribution in [0.15, 0.2) is 60.0 Å². The molecule has 3 atom stereocenters. The van der Waals surface area contributed by atoms with Crippen LogP contribution in [0.4, 0.5) is 5.69 Å². The number of sulfonamides is 1. The van der Waals surface area contributed by atoms with Crippen LogP contribution in [0.1, 0.15) is 43.1 Å². The van der Waals surface area contributed by atoms with Gasteiger partial charge in [0.15, 0.2) is 0 Å². The summed E-state index contributed by atoms with van der Waals surface area (Å²) in [7, 11) is -3.65. The summed E-state index contributed by atoms with van der Waals surface area (Å²) in [5.74, 6) is 1.20. The lowest BCUT2D eigenvalue weighted by molar-refractivity contribution is 0.0905. The van der Waals surface area contributed by atoms with Crippen LogP contribution in [0.2, 0.25) is 0 Å². The smallest absolute Gasteiger partial charge is 0.255 e. The van der Waals surface area contributed by atoms with E-state index >= 15 is 0 Å². The number of nitrogens with one attached hydrogen (secondary N) is 2. The van der Waals surface area contributed by atoms with Crippen molar-refractivity contribution in [1.29, 1.82) is 0 Å². The fourth-order valence-corrected chi connectivity index (χ4v) is 5.17. The zero-order chi connectivity index (χ0) is 23.1.